The van der Waals surface area contributed by atoms with Gasteiger partial charge in [0.25, 0.3) is 5.91 Å². The Morgan fingerprint density at radius 2 is 2.00 bits per heavy atom. The molecule has 34 heavy (non-hydrogen) atoms. The summed E-state index contributed by atoms with van der Waals surface area (Å²) in [4.78, 5) is 23.7. The van der Waals surface area contributed by atoms with Crippen LogP contribution in [0.2, 0.25) is 0 Å². The van der Waals surface area contributed by atoms with Gasteiger partial charge in [-0.2, -0.15) is 5.26 Å². The van der Waals surface area contributed by atoms with Gasteiger partial charge in [0.2, 0.25) is 5.95 Å². The lowest BCUT2D eigenvalue weighted by Gasteiger charge is -2.25. The van der Waals surface area contributed by atoms with Gasteiger partial charge in [0.15, 0.2) is 0 Å². The molecule has 4 rings (SSSR count). The molecule has 1 N–H and O–H groups in total. The fourth-order valence-electron chi connectivity index (χ4n) is 3.86. The Morgan fingerprint density at radius 3 is 2.68 bits per heavy atom. The number of nitrogens with one attached hydrogen (secondary N) is 1. The van der Waals surface area contributed by atoms with Gasteiger partial charge in [0, 0.05) is 48.9 Å². The lowest BCUT2D eigenvalue weighted by molar-refractivity contribution is 0.0531. The van der Waals surface area contributed by atoms with Crippen molar-refractivity contribution in [1.82, 2.24) is 14.9 Å². The number of hydrogen-bond donors (Lipinski definition) is 1. The number of nitriles is 1. The van der Waals surface area contributed by atoms with Gasteiger partial charge < -0.3 is 19.7 Å². The molecular formula is C26H27N5O3. The van der Waals surface area contributed by atoms with E-state index in [4.69, 9.17) is 14.7 Å². The van der Waals surface area contributed by atoms with Crippen molar-refractivity contribution in [3.05, 3.63) is 66.5 Å². The minimum Gasteiger partial charge on any atom is -0.497 e. The summed E-state index contributed by atoms with van der Waals surface area (Å²) in [5.41, 5.74) is 3.12. The first-order valence-electron chi connectivity index (χ1n) is 11.3. The fraction of sp³-hybridized carbons (Fsp3) is 0.308. The van der Waals surface area contributed by atoms with Gasteiger partial charge >= 0.3 is 0 Å². The Labute approximate surface area is 199 Å². The van der Waals surface area contributed by atoms with E-state index in [2.05, 4.69) is 21.4 Å². The number of amides is 1. The van der Waals surface area contributed by atoms with Gasteiger partial charge in [-0.15, -0.1) is 0 Å². The molecule has 1 atom stereocenters. The lowest BCUT2D eigenvalue weighted by atomic mass is 10.1. The first-order chi connectivity index (χ1) is 16.7. The quantitative estimate of drug-likeness (QED) is 0.507. The Balaban J connectivity index is 1.44. The van der Waals surface area contributed by atoms with Crippen molar-refractivity contribution in [2.45, 2.75) is 25.4 Å². The van der Waals surface area contributed by atoms with Gasteiger partial charge in [0.05, 0.1) is 25.7 Å². The number of nitrogens with zero attached hydrogens (tertiary/aromatic N) is 4. The molecule has 0 bridgehead atoms. The van der Waals surface area contributed by atoms with Crippen molar-refractivity contribution in [3.63, 3.8) is 0 Å². The van der Waals surface area contributed by atoms with Crippen LogP contribution in [0.1, 0.15) is 29.6 Å². The summed E-state index contributed by atoms with van der Waals surface area (Å²) in [5, 5.41) is 12.2. The normalized spacial score (nSPS) is 14.9. The zero-order chi connectivity index (χ0) is 23.8. The molecular weight excluding hydrogens is 430 g/mol. The van der Waals surface area contributed by atoms with E-state index < -0.39 is 0 Å². The van der Waals surface area contributed by atoms with Crippen LogP contribution < -0.4 is 10.1 Å². The molecule has 2 heterocycles. The van der Waals surface area contributed by atoms with Crippen LogP contribution in [0.4, 0.5) is 11.6 Å². The van der Waals surface area contributed by atoms with Crippen molar-refractivity contribution < 1.29 is 14.3 Å². The molecule has 1 aromatic heterocycles. The molecule has 1 unspecified atom stereocenters. The van der Waals surface area contributed by atoms with Crippen molar-refractivity contribution in [3.8, 4) is 22.9 Å². The van der Waals surface area contributed by atoms with E-state index in [1.807, 2.05) is 36.4 Å². The Hall–Kier alpha value is -3.96. The summed E-state index contributed by atoms with van der Waals surface area (Å²) in [6, 6.07) is 17.0. The summed E-state index contributed by atoms with van der Waals surface area (Å²) in [6.45, 7) is 1.60. The number of carbonyl (C=O) groups is 1. The van der Waals surface area contributed by atoms with Gasteiger partial charge in [0.1, 0.15) is 5.75 Å². The van der Waals surface area contributed by atoms with E-state index in [1.54, 1.807) is 36.5 Å². The molecule has 0 saturated carbocycles. The van der Waals surface area contributed by atoms with E-state index in [-0.39, 0.29) is 18.4 Å². The Morgan fingerprint density at radius 1 is 1.21 bits per heavy atom. The minimum absolute atomic E-state index is 0.0292. The number of carbonyl (C=O) groups excluding carboxylic acids is 1. The predicted molar refractivity (Wildman–Crippen MR) is 129 cm³/mol. The average molecular weight is 458 g/mol. The average Bonchev–Trinajstić information content (AvgIpc) is 3.40. The van der Waals surface area contributed by atoms with Crippen LogP contribution in [0.3, 0.4) is 0 Å². The highest BCUT2D eigenvalue weighted by Crippen LogP contribution is 2.23. The van der Waals surface area contributed by atoms with Crippen molar-refractivity contribution in [2.24, 2.45) is 0 Å². The van der Waals surface area contributed by atoms with Gasteiger partial charge in [-0.25, -0.2) is 9.97 Å². The molecule has 0 radical (unpaired) electrons. The van der Waals surface area contributed by atoms with Crippen molar-refractivity contribution in [2.75, 3.05) is 32.1 Å². The molecule has 1 aliphatic heterocycles. The molecule has 8 nitrogen and oxygen atoms in total. The van der Waals surface area contributed by atoms with Crippen LogP contribution >= 0.6 is 0 Å². The molecule has 1 aliphatic rings. The lowest BCUT2D eigenvalue weighted by Crippen LogP contribution is -2.38. The summed E-state index contributed by atoms with van der Waals surface area (Å²) in [6.07, 6.45) is 5.74. The number of hydrogen-bond acceptors (Lipinski definition) is 7. The molecule has 0 aliphatic carbocycles. The third-order valence-electron chi connectivity index (χ3n) is 5.67. The van der Waals surface area contributed by atoms with Gasteiger partial charge in [-0.05, 0) is 48.7 Å². The molecule has 0 spiro atoms. The van der Waals surface area contributed by atoms with Crippen LogP contribution in [-0.4, -0.2) is 53.7 Å². The molecule has 1 saturated heterocycles. The van der Waals surface area contributed by atoms with Gasteiger partial charge in [-0.3, -0.25) is 4.79 Å². The number of aromatic nitrogens is 2. The summed E-state index contributed by atoms with van der Waals surface area (Å²) in [5.74, 6) is 1.10. The number of benzene rings is 2. The fourth-order valence-corrected chi connectivity index (χ4v) is 3.86. The minimum atomic E-state index is -0.120. The largest absolute Gasteiger partial charge is 0.497 e. The van der Waals surface area contributed by atoms with E-state index >= 15 is 0 Å². The number of methoxy groups -OCH3 is 1. The number of anilines is 2. The first-order valence-corrected chi connectivity index (χ1v) is 11.3. The highest BCUT2D eigenvalue weighted by atomic mass is 16.5. The monoisotopic (exact) mass is 457 g/mol. The van der Waals surface area contributed by atoms with Crippen LogP contribution in [0.25, 0.3) is 11.1 Å². The van der Waals surface area contributed by atoms with Crippen LogP contribution in [0.15, 0.2) is 60.9 Å². The Kier molecular flexibility index (Phi) is 7.68. The van der Waals surface area contributed by atoms with E-state index in [9.17, 15) is 4.79 Å². The second kappa shape index (κ2) is 11.3. The maximum absolute atomic E-state index is 13.2. The summed E-state index contributed by atoms with van der Waals surface area (Å²) in [7, 11) is 1.63. The maximum atomic E-state index is 13.2. The van der Waals surface area contributed by atoms with Crippen LogP contribution in [-0.2, 0) is 4.74 Å². The first kappa shape index (κ1) is 23.2. The highest BCUT2D eigenvalue weighted by Gasteiger charge is 2.23. The third-order valence-corrected chi connectivity index (χ3v) is 5.67. The molecule has 8 heteroatoms. The SMILES string of the molecule is COc1ccc(-c2cnc(Nc3cccc(C(=O)N(CCC#N)CC4CCCO4)c3)nc2)cc1. The molecule has 2 aromatic carbocycles. The van der Waals surface area contributed by atoms with E-state index in [1.165, 1.54) is 0 Å². The molecule has 1 fully saturated rings. The van der Waals surface area contributed by atoms with Crippen LogP contribution in [0.5, 0.6) is 5.75 Å². The third kappa shape index (κ3) is 5.88. The number of ether oxygens (including phenoxy) is 2. The zero-order valence-electron chi connectivity index (χ0n) is 19.1. The van der Waals surface area contributed by atoms with Crippen molar-refractivity contribution in [1.29, 1.82) is 5.26 Å². The highest BCUT2D eigenvalue weighted by molar-refractivity contribution is 5.95. The standard InChI is InChI=1S/C26H27N5O3/c1-33-23-10-8-19(9-11-23)21-16-28-26(29-17-21)30-22-6-2-5-20(15-22)25(32)31(13-4-12-27)18-24-7-3-14-34-24/h2,5-6,8-11,15-17,24H,3-4,7,13-14,18H2,1H3,(H,28,29,30). The van der Waals surface area contributed by atoms with Gasteiger partial charge in [-0.1, -0.05) is 18.2 Å². The predicted octanol–water partition coefficient (Wildman–Crippen LogP) is 4.43. The van der Waals surface area contributed by atoms with E-state index in [0.29, 0.717) is 30.3 Å². The van der Waals surface area contributed by atoms with Crippen LogP contribution in [0, 0.1) is 11.3 Å². The second-order valence-corrected chi connectivity index (χ2v) is 8.02. The smallest absolute Gasteiger partial charge is 0.254 e. The number of rotatable bonds is 9. The molecule has 3 aromatic rings. The summed E-state index contributed by atoms with van der Waals surface area (Å²) >= 11 is 0. The zero-order valence-corrected chi connectivity index (χ0v) is 19.1. The molecule has 174 valence electrons. The van der Waals surface area contributed by atoms with E-state index in [0.717, 1.165) is 36.3 Å². The molecule has 1 amide bonds. The van der Waals surface area contributed by atoms with Crippen molar-refractivity contribution >= 4 is 17.5 Å². The maximum Gasteiger partial charge on any atom is 0.254 e. The summed E-state index contributed by atoms with van der Waals surface area (Å²) < 4.78 is 10.9. The Bertz CT molecular complexity index is 1140. The topological polar surface area (TPSA) is 100 Å². The second-order valence-electron chi connectivity index (χ2n) is 8.02.